The fraction of sp³-hybridized carbons (Fsp3) is 0.553. The third kappa shape index (κ3) is 8.57. The zero-order valence-electron chi connectivity index (χ0n) is 28.7. The summed E-state index contributed by atoms with van der Waals surface area (Å²) >= 11 is 1.50. The molecule has 0 radical (unpaired) electrons. The van der Waals surface area contributed by atoms with Crippen LogP contribution in [0, 0.1) is 6.92 Å². The average molecular weight is 673 g/mol. The molecule has 0 unspecified atom stereocenters. The normalized spacial score (nSPS) is 19.4. The highest BCUT2D eigenvalue weighted by atomic mass is 32.1. The molecule has 3 fully saturated rings. The Labute approximate surface area is 289 Å². The number of thiophene rings is 1. The van der Waals surface area contributed by atoms with Crippen LogP contribution in [0.25, 0.3) is 10.1 Å². The van der Waals surface area contributed by atoms with Gasteiger partial charge in [0.05, 0.1) is 18.1 Å². The molecule has 2 N–H and O–H groups in total. The molecule has 2 saturated heterocycles. The molecule has 48 heavy (non-hydrogen) atoms. The highest BCUT2D eigenvalue weighted by molar-refractivity contribution is 7.20. The highest BCUT2D eigenvalue weighted by Gasteiger charge is 2.43. The maximum absolute atomic E-state index is 14.1. The number of carbonyl (C=O) groups excluding carboxylic acids is 2. The molecule has 3 aliphatic rings. The first-order valence-electron chi connectivity index (χ1n) is 17.9. The maximum Gasteiger partial charge on any atom is 0.262 e. The molecule has 1 aromatic heterocycles. The van der Waals surface area contributed by atoms with E-state index in [2.05, 4.69) is 81.6 Å². The molecule has 10 heteroatoms. The number of nitrogens with zero attached hydrogens (tertiary/aromatic N) is 4. The van der Waals surface area contributed by atoms with Crippen molar-refractivity contribution in [2.45, 2.75) is 70.4 Å². The Hall–Kier alpha value is -3.47. The van der Waals surface area contributed by atoms with Gasteiger partial charge in [0, 0.05) is 56.6 Å². The van der Waals surface area contributed by atoms with Gasteiger partial charge in [-0.3, -0.25) is 19.5 Å². The number of morpholine rings is 1. The lowest BCUT2D eigenvalue weighted by Gasteiger charge is -2.41. The second-order valence-electron chi connectivity index (χ2n) is 13.6. The first-order valence-corrected chi connectivity index (χ1v) is 18.8. The minimum absolute atomic E-state index is 0.00697. The number of aliphatic imine (C=N–C) groups is 1. The van der Waals surface area contributed by atoms with Gasteiger partial charge in [-0.25, -0.2) is 0 Å². The molecule has 0 spiro atoms. The molecule has 1 aliphatic carbocycles. The lowest BCUT2D eigenvalue weighted by Crippen LogP contribution is -2.59. The SMILES string of the molecule is CCN=C(N1CCOCC1)N1CCN(CCC[C@@H](Cc2ccccc2)NC(=O)C2(NC(=O)c3cc4ccc(C)cc4s3)CCCC2)CC1. The maximum atomic E-state index is 14.1. The van der Waals surface area contributed by atoms with Crippen LogP contribution in [0.15, 0.2) is 59.6 Å². The van der Waals surface area contributed by atoms with Crippen molar-refractivity contribution in [3.8, 4) is 0 Å². The Kier molecular flexibility index (Phi) is 11.7. The van der Waals surface area contributed by atoms with E-state index in [0.717, 1.165) is 114 Å². The third-order valence-electron chi connectivity index (χ3n) is 10.1. The van der Waals surface area contributed by atoms with Crippen LogP contribution in [0.4, 0.5) is 0 Å². The zero-order chi connectivity index (χ0) is 33.3. The third-order valence-corrected chi connectivity index (χ3v) is 11.2. The second-order valence-corrected chi connectivity index (χ2v) is 14.7. The number of ether oxygens (including phenoxy) is 1. The first kappa shape index (κ1) is 34.4. The van der Waals surface area contributed by atoms with E-state index in [0.29, 0.717) is 17.7 Å². The molecule has 258 valence electrons. The van der Waals surface area contributed by atoms with Gasteiger partial charge in [-0.15, -0.1) is 11.3 Å². The van der Waals surface area contributed by atoms with Crippen molar-refractivity contribution in [2.24, 2.45) is 4.99 Å². The van der Waals surface area contributed by atoms with Gasteiger partial charge in [0.1, 0.15) is 5.54 Å². The summed E-state index contributed by atoms with van der Waals surface area (Å²) in [4.78, 5) is 40.6. The average Bonchev–Trinajstić information content (AvgIpc) is 3.76. The smallest absolute Gasteiger partial charge is 0.262 e. The number of hydrogen-bond donors (Lipinski definition) is 2. The quantitative estimate of drug-likeness (QED) is 0.218. The number of carbonyl (C=O) groups is 2. The molecule has 1 saturated carbocycles. The van der Waals surface area contributed by atoms with Gasteiger partial charge >= 0.3 is 0 Å². The van der Waals surface area contributed by atoms with E-state index in [1.165, 1.54) is 22.5 Å². The minimum Gasteiger partial charge on any atom is -0.378 e. The van der Waals surface area contributed by atoms with Crippen molar-refractivity contribution in [3.63, 3.8) is 0 Å². The number of benzene rings is 2. The summed E-state index contributed by atoms with van der Waals surface area (Å²) in [7, 11) is 0. The van der Waals surface area contributed by atoms with Crippen molar-refractivity contribution < 1.29 is 14.3 Å². The molecule has 0 bridgehead atoms. The van der Waals surface area contributed by atoms with Crippen LogP contribution in [0.5, 0.6) is 0 Å². The largest absolute Gasteiger partial charge is 0.378 e. The van der Waals surface area contributed by atoms with Crippen LogP contribution >= 0.6 is 11.3 Å². The minimum atomic E-state index is -0.868. The van der Waals surface area contributed by atoms with Crippen molar-refractivity contribution in [2.75, 3.05) is 65.6 Å². The van der Waals surface area contributed by atoms with Gasteiger partial charge < -0.3 is 25.2 Å². The van der Waals surface area contributed by atoms with E-state index in [9.17, 15) is 9.59 Å². The molecule has 3 heterocycles. The number of hydrogen-bond acceptors (Lipinski definition) is 6. The summed E-state index contributed by atoms with van der Waals surface area (Å²) in [5.74, 6) is 0.942. The van der Waals surface area contributed by atoms with Crippen molar-refractivity contribution >= 4 is 39.2 Å². The van der Waals surface area contributed by atoms with Crippen molar-refractivity contribution in [3.05, 3.63) is 70.6 Å². The monoisotopic (exact) mass is 672 g/mol. The van der Waals surface area contributed by atoms with E-state index >= 15 is 0 Å². The number of piperazine rings is 1. The number of amides is 2. The molecule has 2 aromatic carbocycles. The van der Waals surface area contributed by atoms with Gasteiger partial charge in [-0.1, -0.05) is 55.3 Å². The van der Waals surface area contributed by atoms with Crippen molar-refractivity contribution in [1.82, 2.24) is 25.3 Å². The number of fused-ring (bicyclic) bond motifs is 1. The van der Waals surface area contributed by atoms with Gasteiger partial charge in [-0.05, 0) is 81.1 Å². The fourth-order valence-electron chi connectivity index (χ4n) is 7.40. The second kappa shape index (κ2) is 16.3. The predicted molar refractivity (Wildman–Crippen MR) is 195 cm³/mol. The Morgan fingerprint density at radius 2 is 1.69 bits per heavy atom. The van der Waals surface area contributed by atoms with Gasteiger partial charge in [0.2, 0.25) is 5.91 Å². The van der Waals surface area contributed by atoms with Crippen LogP contribution in [-0.4, -0.2) is 110 Å². The van der Waals surface area contributed by atoms with E-state index < -0.39 is 5.54 Å². The Balaban J connectivity index is 1.06. The van der Waals surface area contributed by atoms with E-state index in [4.69, 9.17) is 9.73 Å². The summed E-state index contributed by atoms with van der Waals surface area (Å²) in [6, 6.07) is 18.6. The molecule has 2 amide bonds. The molecule has 1 atom stereocenters. The molecular formula is C38H52N6O3S. The lowest BCUT2D eigenvalue weighted by atomic mass is 9.94. The molecular weight excluding hydrogens is 621 g/mol. The lowest BCUT2D eigenvalue weighted by molar-refractivity contribution is -0.128. The van der Waals surface area contributed by atoms with Gasteiger partial charge in [0.25, 0.3) is 5.91 Å². The number of rotatable bonds is 11. The first-order chi connectivity index (χ1) is 23.4. The predicted octanol–water partition coefficient (Wildman–Crippen LogP) is 5.09. The Bertz CT molecular complexity index is 1540. The zero-order valence-corrected chi connectivity index (χ0v) is 29.5. The Morgan fingerprint density at radius 1 is 0.958 bits per heavy atom. The summed E-state index contributed by atoms with van der Waals surface area (Å²) in [5.41, 5.74) is 1.52. The topological polar surface area (TPSA) is 89.5 Å². The van der Waals surface area contributed by atoms with Crippen LogP contribution in [0.2, 0.25) is 0 Å². The number of aryl methyl sites for hydroxylation is 1. The van der Waals surface area contributed by atoms with E-state index in [-0.39, 0.29) is 17.9 Å². The van der Waals surface area contributed by atoms with Crippen molar-refractivity contribution in [1.29, 1.82) is 0 Å². The van der Waals surface area contributed by atoms with E-state index in [1.807, 2.05) is 12.1 Å². The van der Waals surface area contributed by atoms with Gasteiger partial charge in [-0.2, -0.15) is 0 Å². The number of guanidine groups is 1. The highest BCUT2D eigenvalue weighted by Crippen LogP contribution is 2.32. The van der Waals surface area contributed by atoms with Crippen LogP contribution in [-0.2, 0) is 16.0 Å². The van der Waals surface area contributed by atoms with E-state index in [1.54, 1.807) is 0 Å². The molecule has 9 nitrogen and oxygen atoms in total. The Morgan fingerprint density at radius 3 is 2.42 bits per heavy atom. The van der Waals surface area contributed by atoms with Gasteiger partial charge in [0.15, 0.2) is 5.96 Å². The molecule has 2 aliphatic heterocycles. The molecule has 6 rings (SSSR count). The van der Waals surface area contributed by atoms with Crippen LogP contribution in [0.1, 0.15) is 66.2 Å². The summed E-state index contributed by atoms with van der Waals surface area (Å²) in [6.07, 6.45) is 5.87. The standard InChI is InChI=1S/C38H52N6O3S/c1-3-39-37(44-22-24-47-25-23-44)43-20-18-42(19-21-43)17-9-12-32(27-30-10-5-4-6-11-30)40-36(46)38(15-7-8-16-38)41-35(45)34-28-31-14-13-29(2)26-33(31)48-34/h4-6,10-11,13-14,26,28,32H,3,7-9,12,15-25,27H2,1-2H3,(H,40,46)(H,41,45)/t32-/m0/s1. The summed E-state index contributed by atoms with van der Waals surface area (Å²) < 4.78 is 6.67. The van der Waals surface area contributed by atoms with Crippen LogP contribution in [0.3, 0.4) is 0 Å². The van der Waals surface area contributed by atoms with Crippen LogP contribution < -0.4 is 10.6 Å². The molecule has 3 aromatic rings. The number of nitrogens with one attached hydrogen (secondary N) is 2. The fourth-order valence-corrected chi connectivity index (χ4v) is 8.46. The summed E-state index contributed by atoms with van der Waals surface area (Å²) in [6.45, 7) is 13.3. The summed E-state index contributed by atoms with van der Waals surface area (Å²) in [5, 5.41) is 7.74.